The van der Waals surface area contributed by atoms with Gasteiger partial charge in [-0.2, -0.15) is 0 Å². The summed E-state index contributed by atoms with van der Waals surface area (Å²) in [5, 5.41) is 3.24. The molecule has 2 rings (SSSR count). The van der Waals surface area contributed by atoms with Crippen molar-refractivity contribution in [2.45, 2.75) is 51.1 Å². The van der Waals surface area contributed by atoms with Gasteiger partial charge in [0.1, 0.15) is 0 Å². The fourth-order valence-electron chi connectivity index (χ4n) is 2.45. The highest BCUT2D eigenvalue weighted by atomic mass is 32.1. The van der Waals surface area contributed by atoms with Crippen molar-refractivity contribution < 1.29 is 0 Å². The highest BCUT2D eigenvalue weighted by Crippen LogP contribution is 2.28. The first-order valence-electron chi connectivity index (χ1n) is 6.23. The predicted octanol–water partition coefficient (Wildman–Crippen LogP) is 2.63. The van der Waals surface area contributed by atoms with Gasteiger partial charge in [-0.15, -0.1) is 11.3 Å². The summed E-state index contributed by atoms with van der Waals surface area (Å²) in [6.07, 6.45) is 7.85. The van der Waals surface area contributed by atoms with Gasteiger partial charge in [0.2, 0.25) is 0 Å². The van der Waals surface area contributed by atoms with Crippen molar-refractivity contribution in [1.82, 2.24) is 4.98 Å². The van der Waals surface area contributed by atoms with Crippen LogP contribution in [0, 0.1) is 0 Å². The van der Waals surface area contributed by atoms with Gasteiger partial charge >= 0.3 is 0 Å². The van der Waals surface area contributed by atoms with Crippen molar-refractivity contribution in [1.29, 1.82) is 0 Å². The van der Waals surface area contributed by atoms with E-state index >= 15 is 0 Å². The molecule has 0 atom stereocenters. The number of nitrogens with zero attached hydrogens (tertiary/aromatic N) is 2. The number of hydrogen-bond donors (Lipinski definition) is 1. The predicted molar refractivity (Wildman–Crippen MR) is 70.0 cm³/mol. The van der Waals surface area contributed by atoms with E-state index in [1.807, 2.05) is 6.20 Å². The first kappa shape index (κ1) is 11.9. The molecule has 90 valence electrons. The molecular weight excluding hydrogens is 218 g/mol. The number of aromatic nitrogens is 1. The Bertz CT molecular complexity index is 291. The molecular formula is C12H21N3S. The van der Waals surface area contributed by atoms with Crippen molar-refractivity contribution in [3.63, 3.8) is 0 Å². The lowest BCUT2D eigenvalue weighted by Gasteiger charge is -2.35. The number of thiazole rings is 1. The first-order chi connectivity index (χ1) is 7.81. The van der Waals surface area contributed by atoms with Crippen LogP contribution in [0.2, 0.25) is 0 Å². The second kappa shape index (κ2) is 5.64. The normalized spacial score (nSPS) is 25.6. The molecule has 3 nitrogen and oxygen atoms in total. The molecule has 1 aliphatic carbocycles. The summed E-state index contributed by atoms with van der Waals surface area (Å²) < 4.78 is 0. The molecule has 0 spiro atoms. The van der Waals surface area contributed by atoms with Gasteiger partial charge < -0.3 is 10.6 Å². The average Bonchev–Trinajstić information content (AvgIpc) is 2.81. The Hall–Kier alpha value is -0.610. The minimum absolute atomic E-state index is 0.427. The fourth-order valence-corrected chi connectivity index (χ4v) is 3.19. The van der Waals surface area contributed by atoms with Crippen LogP contribution in [0.4, 0.5) is 5.13 Å². The number of nitrogens with two attached hydrogens (primary N) is 1. The molecule has 0 aliphatic heterocycles. The van der Waals surface area contributed by atoms with E-state index in [0.29, 0.717) is 12.1 Å². The van der Waals surface area contributed by atoms with Crippen LogP contribution in [0.3, 0.4) is 0 Å². The van der Waals surface area contributed by atoms with E-state index in [1.165, 1.54) is 24.4 Å². The molecule has 1 aromatic rings. The number of hydrogen-bond acceptors (Lipinski definition) is 4. The molecule has 0 amide bonds. The molecule has 16 heavy (non-hydrogen) atoms. The molecule has 0 bridgehead atoms. The fraction of sp³-hybridized carbons (Fsp3) is 0.750. The number of anilines is 1. The molecule has 0 saturated heterocycles. The highest BCUT2D eigenvalue weighted by molar-refractivity contribution is 7.13. The smallest absolute Gasteiger partial charge is 0.185 e. The Kier molecular flexibility index (Phi) is 4.18. The minimum Gasteiger partial charge on any atom is -0.345 e. The van der Waals surface area contributed by atoms with Gasteiger partial charge in [-0.25, -0.2) is 4.98 Å². The van der Waals surface area contributed by atoms with E-state index in [4.69, 9.17) is 5.73 Å². The molecule has 1 aliphatic rings. The van der Waals surface area contributed by atoms with Gasteiger partial charge in [0.15, 0.2) is 5.13 Å². The molecule has 0 unspecified atom stereocenters. The summed E-state index contributed by atoms with van der Waals surface area (Å²) >= 11 is 1.75. The van der Waals surface area contributed by atoms with Gasteiger partial charge in [0.25, 0.3) is 0 Å². The maximum absolute atomic E-state index is 5.96. The Labute approximate surface area is 102 Å². The lowest BCUT2D eigenvalue weighted by atomic mass is 9.91. The van der Waals surface area contributed by atoms with Gasteiger partial charge in [-0.1, -0.05) is 6.92 Å². The SMILES string of the molecule is CCCN(c1nccs1)C1CCC(N)CC1. The topological polar surface area (TPSA) is 42.2 Å². The molecule has 2 N–H and O–H groups in total. The van der Waals surface area contributed by atoms with E-state index in [2.05, 4.69) is 22.2 Å². The second-order valence-corrected chi connectivity index (χ2v) is 5.45. The van der Waals surface area contributed by atoms with Crippen molar-refractivity contribution in [2.75, 3.05) is 11.4 Å². The van der Waals surface area contributed by atoms with Gasteiger partial charge in [0, 0.05) is 30.2 Å². The second-order valence-electron chi connectivity index (χ2n) is 4.58. The molecule has 1 heterocycles. The minimum atomic E-state index is 0.427. The number of rotatable bonds is 4. The summed E-state index contributed by atoms with van der Waals surface area (Å²) in [6.45, 7) is 3.35. The van der Waals surface area contributed by atoms with Crippen molar-refractivity contribution in [2.24, 2.45) is 5.73 Å². The lowest BCUT2D eigenvalue weighted by Crippen LogP contribution is -2.41. The summed E-state index contributed by atoms with van der Waals surface area (Å²) in [5.41, 5.74) is 5.96. The molecule has 0 aromatic carbocycles. The zero-order chi connectivity index (χ0) is 11.4. The largest absolute Gasteiger partial charge is 0.345 e. The monoisotopic (exact) mass is 239 g/mol. The summed E-state index contributed by atoms with van der Waals surface area (Å²) in [4.78, 5) is 6.93. The van der Waals surface area contributed by atoms with Crippen LogP contribution in [0.5, 0.6) is 0 Å². The maximum Gasteiger partial charge on any atom is 0.185 e. The lowest BCUT2D eigenvalue weighted by molar-refractivity contribution is 0.375. The molecule has 1 fully saturated rings. The van der Waals surface area contributed by atoms with Gasteiger partial charge in [-0.05, 0) is 32.1 Å². The Morgan fingerprint density at radius 3 is 2.75 bits per heavy atom. The van der Waals surface area contributed by atoms with Crippen LogP contribution in [0.1, 0.15) is 39.0 Å². The summed E-state index contributed by atoms with van der Waals surface area (Å²) in [7, 11) is 0. The molecule has 1 aromatic heterocycles. The standard InChI is InChI=1S/C12H21N3S/c1-2-8-15(12-14-7-9-16-12)11-5-3-10(13)4-6-11/h7,9-11H,2-6,8,13H2,1H3. The average molecular weight is 239 g/mol. The van der Waals surface area contributed by atoms with Gasteiger partial charge in [-0.3, -0.25) is 0 Å². The van der Waals surface area contributed by atoms with Crippen molar-refractivity contribution >= 4 is 16.5 Å². The van der Waals surface area contributed by atoms with Crippen LogP contribution < -0.4 is 10.6 Å². The van der Waals surface area contributed by atoms with E-state index in [9.17, 15) is 0 Å². The van der Waals surface area contributed by atoms with E-state index in [-0.39, 0.29) is 0 Å². The van der Waals surface area contributed by atoms with E-state index in [1.54, 1.807) is 11.3 Å². The summed E-state index contributed by atoms with van der Waals surface area (Å²) in [6, 6.07) is 1.09. The van der Waals surface area contributed by atoms with Crippen LogP contribution in [0.25, 0.3) is 0 Å². The Balaban J connectivity index is 2.02. The molecule has 4 heteroatoms. The first-order valence-corrected chi connectivity index (χ1v) is 7.11. The Morgan fingerprint density at radius 1 is 1.44 bits per heavy atom. The van der Waals surface area contributed by atoms with Crippen LogP contribution >= 0.6 is 11.3 Å². The molecule has 1 saturated carbocycles. The van der Waals surface area contributed by atoms with Crippen LogP contribution in [-0.2, 0) is 0 Å². The van der Waals surface area contributed by atoms with Crippen LogP contribution in [-0.4, -0.2) is 23.6 Å². The van der Waals surface area contributed by atoms with E-state index in [0.717, 1.165) is 19.4 Å². The third-order valence-electron chi connectivity index (χ3n) is 3.31. The zero-order valence-corrected chi connectivity index (χ0v) is 10.7. The zero-order valence-electron chi connectivity index (χ0n) is 9.93. The van der Waals surface area contributed by atoms with Crippen LogP contribution in [0.15, 0.2) is 11.6 Å². The van der Waals surface area contributed by atoms with Crippen molar-refractivity contribution in [3.8, 4) is 0 Å². The maximum atomic E-state index is 5.96. The Morgan fingerprint density at radius 2 is 2.19 bits per heavy atom. The molecule has 0 radical (unpaired) electrons. The highest BCUT2D eigenvalue weighted by Gasteiger charge is 2.25. The van der Waals surface area contributed by atoms with Gasteiger partial charge in [0.05, 0.1) is 0 Å². The summed E-state index contributed by atoms with van der Waals surface area (Å²) in [5.74, 6) is 0. The van der Waals surface area contributed by atoms with Crippen molar-refractivity contribution in [3.05, 3.63) is 11.6 Å². The quantitative estimate of drug-likeness (QED) is 0.878. The third-order valence-corrected chi connectivity index (χ3v) is 4.12. The van der Waals surface area contributed by atoms with E-state index < -0.39 is 0 Å². The third kappa shape index (κ3) is 2.74.